The standard InChI is InChI=1S/C15H20N2O5S/c1-10-15(11(2)22-17-10)23(18,19)16-9-14(21-4)12-7-5-6-8-13(12)20-3/h5-8,14,16H,9H2,1-4H3. The Bertz CT molecular complexity index is 750. The summed E-state index contributed by atoms with van der Waals surface area (Å²) in [6.45, 7) is 3.20. The fourth-order valence-electron chi connectivity index (χ4n) is 2.37. The summed E-state index contributed by atoms with van der Waals surface area (Å²) in [6.07, 6.45) is -0.485. The second-order valence-corrected chi connectivity index (χ2v) is 6.68. The highest BCUT2D eigenvalue weighted by Crippen LogP contribution is 2.27. The molecule has 0 aliphatic heterocycles. The maximum atomic E-state index is 12.4. The first-order chi connectivity index (χ1) is 10.9. The van der Waals surface area contributed by atoms with Gasteiger partial charge in [0.15, 0.2) is 5.76 Å². The lowest BCUT2D eigenvalue weighted by molar-refractivity contribution is 0.105. The van der Waals surface area contributed by atoms with Crippen molar-refractivity contribution >= 4 is 10.0 Å². The molecule has 1 heterocycles. The van der Waals surface area contributed by atoms with E-state index in [-0.39, 0.29) is 17.2 Å². The molecule has 0 aliphatic carbocycles. The van der Waals surface area contributed by atoms with Gasteiger partial charge in [-0.1, -0.05) is 23.4 Å². The van der Waals surface area contributed by atoms with E-state index in [9.17, 15) is 8.42 Å². The predicted molar refractivity (Wildman–Crippen MR) is 83.9 cm³/mol. The number of aryl methyl sites for hydroxylation is 2. The number of ether oxygens (including phenoxy) is 2. The molecule has 0 amide bonds. The molecule has 0 radical (unpaired) electrons. The minimum Gasteiger partial charge on any atom is -0.496 e. The molecule has 0 saturated carbocycles. The largest absolute Gasteiger partial charge is 0.496 e. The number of sulfonamides is 1. The number of rotatable bonds is 7. The van der Waals surface area contributed by atoms with E-state index >= 15 is 0 Å². The fourth-order valence-corrected chi connectivity index (χ4v) is 3.73. The number of methoxy groups -OCH3 is 2. The third kappa shape index (κ3) is 3.72. The van der Waals surface area contributed by atoms with Crippen LogP contribution in [0.25, 0.3) is 0 Å². The quantitative estimate of drug-likeness (QED) is 0.828. The topological polar surface area (TPSA) is 90.7 Å². The normalized spacial score (nSPS) is 13.0. The first kappa shape index (κ1) is 17.5. The SMILES string of the molecule is COc1ccccc1C(CNS(=O)(=O)c1c(C)noc1C)OC. The van der Waals surface area contributed by atoms with E-state index in [0.717, 1.165) is 5.56 Å². The van der Waals surface area contributed by atoms with Crippen molar-refractivity contribution in [3.63, 3.8) is 0 Å². The van der Waals surface area contributed by atoms with Gasteiger partial charge in [-0.2, -0.15) is 0 Å². The molecule has 0 aliphatic rings. The van der Waals surface area contributed by atoms with Gasteiger partial charge in [0.2, 0.25) is 10.0 Å². The number of nitrogens with zero attached hydrogens (tertiary/aromatic N) is 1. The number of aromatic nitrogens is 1. The Morgan fingerprint density at radius 1 is 1.26 bits per heavy atom. The molecule has 0 fully saturated rings. The molecular weight excluding hydrogens is 320 g/mol. The Kier molecular flexibility index (Phi) is 5.40. The van der Waals surface area contributed by atoms with Crippen LogP contribution >= 0.6 is 0 Å². The Balaban J connectivity index is 2.21. The van der Waals surface area contributed by atoms with Gasteiger partial charge in [-0.3, -0.25) is 0 Å². The monoisotopic (exact) mass is 340 g/mol. The van der Waals surface area contributed by atoms with Gasteiger partial charge < -0.3 is 14.0 Å². The van der Waals surface area contributed by atoms with Gasteiger partial charge in [0.05, 0.1) is 13.2 Å². The van der Waals surface area contributed by atoms with Crippen molar-refractivity contribution < 1.29 is 22.4 Å². The van der Waals surface area contributed by atoms with Crippen molar-refractivity contribution in [2.45, 2.75) is 24.8 Å². The summed E-state index contributed by atoms with van der Waals surface area (Å²) in [6, 6.07) is 7.30. The zero-order chi connectivity index (χ0) is 17.0. The second kappa shape index (κ2) is 7.12. The summed E-state index contributed by atoms with van der Waals surface area (Å²) in [7, 11) is -0.668. The van der Waals surface area contributed by atoms with E-state index < -0.39 is 16.1 Å². The average molecular weight is 340 g/mol. The third-order valence-corrected chi connectivity index (χ3v) is 5.13. The van der Waals surface area contributed by atoms with Crippen LogP contribution in [0.3, 0.4) is 0 Å². The van der Waals surface area contributed by atoms with Crippen molar-refractivity contribution in [1.82, 2.24) is 9.88 Å². The average Bonchev–Trinajstić information content (AvgIpc) is 2.88. The second-order valence-electron chi connectivity index (χ2n) is 4.97. The fraction of sp³-hybridized carbons (Fsp3) is 0.400. The zero-order valence-electron chi connectivity index (χ0n) is 13.5. The number of hydrogen-bond donors (Lipinski definition) is 1. The van der Waals surface area contributed by atoms with Crippen LogP contribution in [0.5, 0.6) is 5.75 Å². The highest BCUT2D eigenvalue weighted by molar-refractivity contribution is 7.89. The molecule has 23 heavy (non-hydrogen) atoms. The number of para-hydroxylation sites is 1. The van der Waals surface area contributed by atoms with E-state index in [1.54, 1.807) is 27.0 Å². The molecule has 1 unspecified atom stereocenters. The lowest BCUT2D eigenvalue weighted by Gasteiger charge is -2.19. The van der Waals surface area contributed by atoms with E-state index in [2.05, 4.69) is 9.88 Å². The van der Waals surface area contributed by atoms with Gasteiger partial charge in [-0.25, -0.2) is 13.1 Å². The van der Waals surface area contributed by atoms with Gasteiger partial charge in [-0.15, -0.1) is 0 Å². The van der Waals surface area contributed by atoms with Crippen LogP contribution < -0.4 is 9.46 Å². The van der Waals surface area contributed by atoms with Crippen molar-refractivity contribution in [3.8, 4) is 5.75 Å². The van der Waals surface area contributed by atoms with Gasteiger partial charge in [0.25, 0.3) is 0 Å². The summed E-state index contributed by atoms with van der Waals surface area (Å²) >= 11 is 0. The molecule has 0 bridgehead atoms. The third-order valence-electron chi connectivity index (χ3n) is 3.47. The number of nitrogens with one attached hydrogen (secondary N) is 1. The first-order valence-electron chi connectivity index (χ1n) is 6.99. The molecule has 0 spiro atoms. The predicted octanol–water partition coefficient (Wildman–Crippen LogP) is 1.97. The smallest absolute Gasteiger partial charge is 0.246 e. The molecule has 1 atom stereocenters. The summed E-state index contributed by atoms with van der Waals surface area (Å²) in [5.41, 5.74) is 1.08. The first-order valence-corrected chi connectivity index (χ1v) is 8.47. The lowest BCUT2D eigenvalue weighted by atomic mass is 10.1. The molecule has 1 N–H and O–H groups in total. The van der Waals surface area contributed by atoms with Gasteiger partial charge in [0, 0.05) is 19.2 Å². The Labute approximate surface area is 135 Å². The van der Waals surface area contributed by atoms with Crippen LogP contribution in [-0.2, 0) is 14.8 Å². The number of hydrogen-bond acceptors (Lipinski definition) is 6. The highest BCUT2D eigenvalue weighted by Gasteiger charge is 2.26. The maximum absolute atomic E-state index is 12.4. The molecule has 2 rings (SSSR count). The molecule has 1 aromatic carbocycles. The summed E-state index contributed by atoms with van der Waals surface area (Å²) < 4.78 is 43.0. The van der Waals surface area contributed by atoms with Crippen molar-refractivity contribution in [1.29, 1.82) is 0 Å². The molecule has 2 aromatic rings. The molecule has 126 valence electrons. The minimum absolute atomic E-state index is 0.0588. The Morgan fingerprint density at radius 2 is 1.96 bits per heavy atom. The highest BCUT2D eigenvalue weighted by atomic mass is 32.2. The molecular formula is C15H20N2O5S. The molecule has 7 nitrogen and oxygen atoms in total. The molecule has 0 saturated heterocycles. The van der Waals surface area contributed by atoms with Crippen LogP contribution in [0.15, 0.2) is 33.7 Å². The Morgan fingerprint density at radius 3 is 2.52 bits per heavy atom. The van der Waals surface area contributed by atoms with E-state index in [1.807, 2.05) is 18.2 Å². The van der Waals surface area contributed by atoms with Gasteiger partial charge >= 0.3 is 0 Å². The molecule has 8 heteroatoms. The van der Waals surface area contributed by atoms with E-state index in [1.165, 1.54) is 7.11 Å². The van der Waals surface area contributed by atoms with Crippen LogP contribution in [0.4, 0.5) is 0 Å². The van der Waals surface area contributed by atoms with Gasteiger partial charge in [-0.05, 0) is 19.9 Å². The van der Waals surface area contributed by atoms with Gasteiger partial charge in [0.1, 0.15) is 16.3 Å². The zero-order valence-corrected chi connectivity index (χ0v) is 14.3. The van der Waals surface area contributed by atoms with Crippen LogP contribution in [0.2, 0.25) is 0 Å². The van der Waals surface area contributed by atoms with Crippen molar-refractivity contribution in [2.24, 2.45) is 0 Å². The van der Waals surface area contributed by atoms with Crippen molar-refractivity contribution in [3.05, 3.63) is 41.3 Å². The number of benzene rings is 1. The van der Waals surface area contributed by atoms with Crippen molar-refractivity contribution in [2.75, 3.05) is 20.8 Å². The van der Waals surface area contributed by atoms with Crippen LogP contribution in [0.1, 0.15) is 23.1 Å². The van der Waals surface area contributed by atoms with Crippen LogP contribution in [0, 0.1) is 13.8 Å². The van der Waals surface area contributed by atoms with E-state index in [0.29, 0.717) is 11.4 Å². The molecule has 1 aromatic heterocycles. The Hall–Kier alpha value is -1.90. The summed E-state index contributed by atoms with van der Waals surface area (Å²) in [4.78, 5) is 0.0624. The summed E-state index contributed by atoms with van der Waals surface area (Å²) in [5, 5.41) is 3.67. The lowest BCUT2D eigenvalue weighted by Crippen LogP contribution is -2.30. The minimum atomic E-state index is -3.74. The summed E-state index contributed by atoms with van der Waals surface area (Å²) in [5.74, 6) is 0.886. The van der Waals surface area contributed by atoms with E-state index in [4.69, 9.17) is 14.0 Å². The van der Waals surface area contributed by atoms with Crippen LogP contribution in [-0.4, -0.2) is 34.3 Å². The maximum Gasteiger partial charge on any atom is 0.246 e.